The second-order valence-corrected chi connectivity index (χ2v) is 14.2. The molecule has 3 aliphatic rings. The first-order valence-electron chi connectivity index (χ1n) is 16.4. The lowest BCUT2D eigenvalue weighted by Gasteiger charge is -2.26. The predicted octanol–water partition coefficient (Wildman–Crippen LogP) is 9.92. The number of fused-ring (bicyclic) bond motifs is 7. The van der Waals surface area contributed by atoms with Gasteiger partial charge in [0.1, 0.15) is 12.0 Å². The zero-order valence-corrected chi connectivity index (χ0v) is 26.8. The molecule has 9 rings (SSSR count). The van der Waals surface area contributed by atoms with Crippen LogP contribution in [0.15, 0.2) is 132 Å². The Morgan fingerprint density at radius 2 is 1.15 bits per heavy atom. The summed E-state index contributed by atoms with van der Waals surface area (Å²) in [6.45, 7) is 10.1. The van der Waals surface area contributed by atoms with Crippen LogP contribution in [-0.4, -0.2) is 10.8 Å². The highest BCUT2D eigenvalue weighted by Gasteiger charge is 2.38. The van der Waals surface area contributed by atoms with E-state index in [9.17, 15) is 0 Å². The molecule has 3 nitrogen and oxygen atoms in total. The van der Waals surface area contributed by atoms with E-state index < -0.39 is 0 Å². The lowest BCUT2D eigenvalue weighted by Crippen LogP contribution is -2.37. The molecule has 2 aliphatic carbocycles. The van der Waals surface area contributed by atoms with Crippen LogP contribution >= 0.6 is 0 Å². The highest BCUT2D eigenvalue weighted by molar-refractivity contribution is 6.01. The van der Waals surface area contributed by atoms with E-state index in [-0.39, 0.29) is 17.0 Å². The van der Waals surface area contributed by atoms with E-state index in [2.05, 4.69) is 166 Å². The average molecular weight is 596 g/mol. The van der Waals surface area contributed by atoms with E-state index in [1.54, 1.807) is 0 Å². The number of rotatable bonds is 4. The van der Waals surface area contributed by atoms with Gasteiger partial charge in [0.15, 0.2) is 0 Å². The Morgan fingerprint density at radius 3 is 1.87 bits per heavy atom. The van der Waals surface area contributed by atoms with Gasteiger partial charge in [0, 0.05) is 22.9 Å². The van der Waals surface area contributed by atoms with Gasteiger partial charge in [-0.05, 0) is 78.5 Å². The van der Waals surface area contributed by atoms with Crippen LogP contribution in [0.1, 0.15) is 72.8 Å². The van der Waals surface area contributed by atoms with Gasteiger partial charge in [-0.15, -0.1) is 0 Å². The molecule has 6 aromatic rings. The zero-order chi connectivity index (χ0) is 31.2. The third-order valence-corrected chi connectivity index (χ3v) is 10.7. The highest BCUT2D eigenvalue weighted by Crippen LogP contribution is 2.50. The van der Waals surface area contributed by atoms with Crippen molar-refractivity contribution in [1.82, 2.24) is 10.4 Å². The van der Waals surface area contributed by atoms with E-state index >= 15 is 0 Å². The lowest BCUT2D eigenvalue weighted by atomic mass is 9.82. The van der Waals surface area contributed by atoms with Crippen molar-refractivity contribution in [3.63, 3.8) is 0 Å². The van der Waals surface area contributed by atoms with E-state index in [1.165, 1.54) is 66.4 Å². The van der Waals surface area contributed by atoms with Crippen LogP contribution in [0.4, 0.5) is 0 Å². The van der Waals surface area contributed by atoms with E-state index in [4.69, 9.17) is 4.99 Å². The molecule has 0 saturated carbocycles. The van der Waals surface area contributed by atoms with Crippen molar-refractivity contribution in [3.05, 3.63) is 166 Å². The molecule has 1 aliphatic heterocycles. The molecule has 224 valence electrons. The Hall–Kier alpha value is -4.99. The third kappa shape index (κ3) is 3.98. The Kier molecular flexibility index (Phi) is 5.80. The molecule has 0 fully saturated rings. The molecule has 1 unspecified atom stereocenters. The van der Waals surface area contributed by atoms with Gasteiger partial charge < -0.3 is 5.43 Å². The maximum Gasteiger partial charge on any atom is 0.147 e. The normalized spacial score (nSPS) is 18.4. The summed E-state index contributed by atoms with van der Waals surface area (Å²) in [5.74, 6) is 0.920. The van der Waals surface area contributed by atoms with Gasteiger partial charge in [-0.25, -0.2) is 4.99 Å². The summed E-state index contributed by atoms with van der Waals surface area (Å²) in [4.78, 5) is 5.44. The van der Waals surface area contributed by atoms with E-state index in [1.807, 2.05) is 0 Å². The van der Waals surface area contributed by atoms with Crippen LogP contribution in [0, 0.1) is 0 Å². The number of benzene rings is 6. The SMILES string of the molecule is CC1(C)c2ccccc2-c2ccc(C3=NC(c4ccc5c(c4)C(C)(C)c4ccccc4-5)N(Cc4ccc5ccccc5c4)N3)cc21. The first-order valence-corrected chi connectivity index (χ1v) is 16.4. The van der Waals surface area contributed by atoms with Crippen molar-refractivity contribution in [2.45, 2.75) is 51.2 Å². The second kappa shape index (κ2) is 9.75. The average Bonchev–Trinajstić information content (AvgIpc) is 3.67. The second-order valence-electron chi connectivity index (χ2n) is 14.2. The minimum absolute atomic E-state index is 0.0636. The minimum Gasteiger partial charge on any atom is -0.300 e. The number of aliphatic imine (C=N–C) groups is 1. The van der Waals surface area contributed by atoms with Crippen molar-refractivity contribution in [3.8, 4) is 22.3 Å². The number of nitrogens with zero attached hydrogens (tertiary/aromatic N) is 2. The summed E-state index contributed by atoms with van der Waals surface area (Å²) in [5, 5.41) is 4.83. The highest BCUT2D eigenvalue weighted by atomic mass is 15.6. The summed E-state index contributed by atoms with van der Waals surface area (Å²) in [6.07, 6.45) is -0.162. The fourth-order valence-corrected chi connectivity index (χ4v) is 8.21. The van der Waals surface area contributed by atoms with E-state index in [0.717, 1.165) is 17.9 Å². The Bertz CT molecular complexity index is 2240. The summed E-state index contributed by atoms with van der Waals surface area (Å²) in [7, 11) is 0. The molecule has 6 aromatic carbocycles. The lowest BCUT2D eigenvalue weighted by molar-refractivity contribution is 0.181. The largest absolute Gasteiger partial charge is 0.300 e. The summed E-state index contributed by atoms with van der Waals surface area (Å²) < 4.78 is 0. The molecule has 0 amide bonds. The molecule has 1 N–H and O–H groups in total. The van der Waals surface area contributed by atoms with Gasteiger partial charge in [0.25, 0.3) is 0 Å². The van der Waals surface area contributed by atoms with Crippen LogP contribution in [0.2, 0.25) is 0 Å². The molecule has 0 bridgehead atoms. The Balaban J connectivity index is 1.13. The van der Waals surface area contributed by atoms with E-state index in [0.29, 0.717) is 0 Å². The Labute approximate surface area is 271 Å². The van der Waals surface area contributed by atoms with Crippen LogP contribution in [0.5, 0.6) is 0 Å². The number of amidine groups is 1. The van der Waals surface area contributed by atoms with Crippen molar-refractivity contribution in [1.29, 1.82) is 0 Å². The summed E-state index contributed by atoms with van der Waals surface area (Å²) in [6, 6.07) is 46.9. The minimum atomic E-state index is -0.162. The van der Waals surface area contributed by atoms with Crippen molar-refractivity contribution in [2.24, 2.45) is 4.99 Å². The van der Waals surface area contributed by atoms with Gasteiger partial charge in [-0.2, -0.15) is 5.01 Å². The number of hydrazine groups is 1. The van der Waals surface area contributed by atoms with Gasteiger partial charge >= 0.3 is 0 Å². The van der Waals surface area contributed by atoms with Gasteiger partial charge in [0.2, 0.25) is 0 Å². The molecule has 0 spiro atoms. The molecule has 1 atom stereocenters. The molecule has 46 heavy (non-hydrogen) atoms. The van der Waals surface area contributed by atoms with Crippen molar-refractivity contribution in [2.75, 3.05) is 0 Å². The van der Waals surface area contributed by atoms with Crippen LogP contribution in [0.25, 0.3) is 33.0 Å². The van der Waals surface area contributed by atoms with Crippen LogP contribution < -0.4 is 5.43 Å². The zero-order valence-electron chi connectivity index (χ0n) is 26.8. The van der Waals surface area contributed by atoms with Gasteiger partial charge in [0.05, 0.1) is 0 Å². The first-order chi connectivity index (χ1) is 22.3. The smallest absolute Gasteiger partial charge is 0.147 e. The summed E-state index contributed by atoms with van der Waals surface area (Å²) >= 11 is 0. The molecular weight excluding hydrogens is 558 g/mol. The molecule has 0 radical (unpaired) electrons. The molecular formula is C43H37N3. The molecule has 1 heterocycles. The fourth-order valence-electron chi connectivity index (χ4n) is 8.21. The monoisotopic (exact) mass is 595 g/mol. The standard InChI is InChI=1S/C43H37N3/c1-42(2)36-15-9-7-13-32(36)34-21-19-30(24-38(34)42)40-44-41(46(45-40)26-27-17-18-28-11-5-6-12-29(28)23-27)31-20-22-35-33-14-8-10-16-37(33)43(3,4)39(35)25-31/h5-25,41H,26H2,1-4H3,(H,44,45). The number of hydrogen-bond donors (Lipinski definition) is 1. The molecule has 0 saturated heterocycles. The van der Waals surface area contributed by atoms with Crippen molar-refractivity contribution < 1.29 is 0 Å². The van der Waals surface area contributed by atoms with Gasteiger partial charge in [-0.1, -0.05) is 143 Å². The first kappa shape index (κ1) is 27.3. The fraction of sp³-hybridized carbons (Fsp3) is 0.186. The maximum absolute atomic E-state index is 5.44. The van der Waals surface area contributed by atoms with Crippen LogP contribution in [-0.2, 0) is 17.4 Å². The maximum atomic E-state index is 5.44. The van der Waals surface area contributed by atoms with Gasteiger partial charge in [-0.3, -0.25) is 0 Å². The van der Waals surface area contributed by atoms with Crippen molar-refractivity contribution >= 4 is 16.6 Å². The number of hydrogen-bond acceptors (Lipinski definition) is 3. The predicted molar refractivity (Wildman–Crippen MR) is 190 cm³/mol. The number of nitrogens with one attached hydrogen (secondary N) is 1. The molecule has 3 heteroatoms. The van der Waals surface area contributed by atoms with Crippen LogP contribution in [0.3, 0.4) is 0 Å². The Morgan fingerprint density at radius 1 is 0.565 bits per heavy atom. The third-order valence-electron chi connectivity index (χ3n) is 10.7. The quantitative estimate of drug-likeness (QED) is 0.220. The summed E-state index contributed by atoms with van der Waals surface area (Å²) in [5.41, 5.74) is 18.1. The molecule has 0 aromatic heterocycles. The topological polar surface area (TPSA) is 27.6 Å².